The number of hydrogen-bond acceptors (Lipinski definition) is 5. The number of aliphatic hydroxyl groups excluding tert-OH is 1. The molecule has 6 heteroatoms. The van der Waals surface area contributed by atoms with Crippen molar-refractivity contribution in [2.24, 2.45) is 0 Å². The molecule has 1 heterocycles. The summed E-state index contributed by atoms with van der Waals surface area (Å²) in [5, 5.41) is 10.2. The van der Waals surface area contributed by atoms with Gasteiger partial charge in [-0.25, -0.2) is 0 Å². The largest absolute Gasteiger partial charge is 0.511 e. The Bertz CT molecular complexity index is 823. The highest BCUT2D eigenvalue weighted by atomic mass is 16.5. The van der Waals surface area contributed by atoms with Crippen LogP contribution in [0.1, 0.15) is 37.7 Å². The van der Waals surface area contributed by atoms with Crippen LogP contribution in [0.3, 0.4) is 0 Å². The molecule has 0 fully saturated rings. The molecule has 136 valence electrons. The number of ketones is 2. The molecule has 1 aliphatic carbocycles. The molecule has 0 spiro atoms. The summed E-state index contributed by atoms with van der Waals surface area (Å²) in [5.74, 6) is -0.618. The lowest BCUT2D eigenvalue weighted by Gasteiger charge is -2.30. The van der Waals surface area contributed by atoms with Gasteiger partial charge in [0.25, 0.3) is 5.91 Å². The van der Waals surface area contributed by atoms with E-state index in [2.05, 4.69) is 6.58 Å². The standard InChI is InChI=1S/C20H21NO5/c1-3-7-21-14-8-12(5-6-18(14)26-11-19(21)25)13-9-16(23)20(15(22)4-2)17(24)10-13/h3,5-6,8,13,23H,1,4,7,9-11H2,2H3. The van der Waals surface area contributed by atoms with Crippen LogP contribution in [0.15, 0.2) is 42.2 Å². The summed E-state index contributed by atoms with van der Waals surface area (Å²) in [7, 11) is 0. The van der Waals surface area contributed by atoms with Crippen LogP contribution in [0.5, 0.6) is 5.75 Å². The summed E-state index contributed by atoms with van der Waals surface area (Å²) in [4.78, 5) is 37.9. The predicted molar refractivity (Wildman–Crippen MR) is 96.4 cm³/mol. The first-order chi connectivity index (χ1) is 12.5. The van der Waals surface area contributed by atoms with Crippen molar-refractivity contribution < 1.29 is 24.2 Å². The lowest BCUT2D eigenvalue weighted by molar-refractivity contribution is -0.123. The SMILES string of the molecule is C=CCN1C(=O)COc2ccc(C3CC(=O)C(C(=O)CC)=C(O)C3)cc21. The number of nitrogens with zero attached hydrogens (tertiary/aromatic N) is 1. The lowest BCUT2D eigenvalue weighted by atomic mass is 9.81. The van der Waals surface area contributed by atoms with Crippen molar-refractivity contribution >= 4 is 23.2 Å². The van der Waals surface area contributed by atoms with E-state index < -0.39 is 0 Å². The van der Waals surface area contributed by atoms with Crippen LogP contribution in [0.25, 0.3) is 0 Å². The second-order valence-corrected chi connectivity index (χ2v) is 6.44. The zero-order valence-corrected chi connectivity index (χ0v) is 14.7. The second-order valence-electron chi connectivity index (χ2n) is 6.44. The number of Topliss-reactive ketones (excluding diaryl/α,β-unsaturated/α-hetero) is 2. The summed E-state index contributed by atoms with van der Waals surface area (Å²) < 4.78 is 5.46. The number of aliphatic hydroxyl groups is 1. The van der Waals surface area contributed by atoms with E-state index in [4.69, 9.17) is 4.74 Å². The first-order valence-corrected chi connectivity index (χ1v) is 8.62. The highest BCUT2D eigenvalue weighted by molar-refractivity contribution is 6.21. The molecular formula is C20H21NO5. The van der Waals surface area contributed by atoms with Gasteiger partial charge in [0, 0.05) is 25.8 Å². The van der Waals surface area contributed by atoms with E-state index in [0.717, 1.165) is 5.56 Å². The monoisotopic (exact) mass is 355 g/mol. The topological polar surface area (TPSA) is 83.9 Å². The van der Waals surface area contributed by atoms with Gasteiger partial charge in [-0.1, -0.05) is 19.1 Å². The Morgan fingerprint density at radius 1 is 1.38 bits per heavy atom. The molecule has 1 unspecified atom stereocenters. The summed E-state index contributed by atoms with van der Waals surface area (Å²) in [6.45, 7) is 5.68. The third-order valence-corrected chi connectivity index (χ3v) is 4.75. The molecule has 26 heavy (non-hydrogen) atoms. The Morgan fingerprint density at radius 2 is 2.15 bits per heavy atom. The summed E-state index contributed by atoms with van der Waals surface area (Å²) in [6.07, 6.45) is 2.20. The summed E-state index contributed by atoms with van der Waals surface area (Å²) >= 11 is 0. The fourth-order valence-electron chi connectivity index (χ4n) is 3.43. The molecule has 0 radical (unpaired) electrons. The van der Waals surface area contributed by atoms with Crippen LogP contribution in [0, 0.1) is 0 Å². The van der Waals surface area contributed by atoms with Gasteiger partial charge in [0.05, 0.1) is 11.3 Å². The predicted octanol–water partition coefficient (Wildman–Crippen LogP) is 2.84. The van der Waals surface area contributed by atoms with Crippen molar-refractivity contribution in [2.75, 3.05) is 18.1 Å². The van der Waals surface area contributed by atoms with Crippen LogP contribution >= 0.6 is 0 Å². The summed E-state index contributed by atoms with van der Waals surface area (Å²) in [6, 6.07) is 5.41. The number of ether oxygens (including phenoxy) is 1. The quantitative estimate of drug-likeness (QED) is 0.649. The van der Waals surface area contributed by atoms with Crippen LogP contribution in [-0.2, 0) is 14.4 Å². The number of rotatable bonds is 5. The van der Waals surface area contributed by atoms with Gasteiger partial charge in [0.1, 0.15) is 11.5 Å². The van der Waals surface area contributed by atoms with Gasteiger partial charge < -0.3 is 14.7 Å². The van der Waals surface area contributed by atoms with Gasteiger partial charge in [0.2, 0.25) is 0 Å². The smallest absolute Gasteiger partial charge is 0.265 e. The Kier molecular flexibility index (Phi) is 4.93. The summed E-state index contributed by atoms with van der Waals surface area (Å²) in [5.41, 5.74) is 1.39. The Labute approximate surface area is 151 Å². The van der Waals surface area contributed by atoms with E-state index in [0.29, 0.717) is 18.0 Å². The molecule has 1 aromatic rings. The maximum atomic E-state index is 12.4. The van der Waals surface area contributed by atoms with Crippen molar-refractivity contribution in [3.05, 3.63) is 47.7 Å². The van der Waals surface area contributed by atoms with Crippen molar-refractivity contribution in [3.63, 3.8) is 0 Å². The van der Waals surface area contributed by atoms with Crippen LogP contribution in [-0.4, -0.2) is 35.7 Å². The number of fused-ring (bicyclic) bond motifs is 1. The number of anilines is 1. The molecule has 0 aromatic heterocycles. The fraction of sp³-hybridized carbons (Fsp3) is 0.350. The number of carbonyl (C=O) groups is 3. The molecule has 6 nitrogen and oxygen atoms in total. The van der Waals surface area contributed by atoms with E-state index >= 15 is 0 Å². The minimum Gasteiger partial charge on any atom is -0.511 e. The molecule has 1 aliphatic heterocycles. The molecule has 1 atom stereocenters. The average Bonchev–Trinajstić information content (AvgIpc) is 2.63. The van der Waals surface area contributed by atoms with Gasteiger partial charge >= 0.3 is 0 Å². The van der Waals surface area contributed by atoms with Crippen LogP contribution in [0.2, 0.25) is 0 Å². The number of benzene rings is 1. The van der Waals surface area contributed by atoms with Gasteiger partial charge in [-0.15, -0.1) is 6.58 Å². The molecule has 1 amide bonds. The van der Waals surface area contributed by atoms with Crippen molar-refractivity contribution in [2.45, 2.75) is 32.1 Å². The molecule has 1 N–H and O–H groups in total. The highest BCUT2D eigenvalue weighted by Gasteiger charge is 2.33. The number of allylic oxidation sites excluding steroid dienone is 2. The van der Waals surface area contributed by atoms with Crippen molar-refractivity contribution in [3.8, 4) is 5.75 Å². The highest BCUT2D eigenvalue weighted by Crippen LogP contribution is 2.39. The van der Waals surface area contributed by atoms with E-state index in [1.807, 2.05) is 12.1 Å². The molecule has 3 rings (SSSR count). The Hall–Kier alpha value is -2.89. The number of hydrogen-bond donors (Lipinski definition) is 1. The second kappa shape index (κ2) is 7.15. The average molecular weight is 355 g/mol. The number of amides is 1. The van der Waals surface area contributed by atoms with E-state index in [1.165, 1.54) is 0 Å². The molecular weight excluding hydrogens is 334 g/mol. The van der Waals surface area contributed by atoms with Gasteiger partial charge in [0.15, 0.2) is 18.2 Å². The normalized spacial score (nSPS) is 19.9. The maximum Gasteiger partial charge on any atom is 0.265 e. The molecule has 0 saturated carbocycles. The van der Waals surface area contributed by atoms with Gasteiger partial charge in [-0.2, -0.15) is 0 Å². The van der Waals surface area contributed by atoms with Crippen LogP contribution < -0.4 is 9.64 Å². The Balaban J connectivity index is 1.93. The number of carbonyl (C=O) groups excluding carboxylic acids is 3. The first-order valence-electron chi connectivity index (χ1n) is 8.62. The van der Waals surface area contributed by atoms with Gasteiger partial charge in [-0.3, -0.25) is 14.4 Å². The maximum absolute atomic E-state index is 12.4. The molecule has 2 aliphatic rings. The van der Waals surface area contributed by atoms with E-state index in [1.54, 1.807) is 24.0 Å². The Morgan fingerprint density at radius 3 is 2.81 bits per heavy atom. The third-order valence-electron chi connectivity index (χ3n) is 4.75. The van der Waals surface area contributed by atoms with E-state index in [9.17, 15) is 19.5 Å². The molecule has 0 bridgehead atoms. The molecule has 1 aromatic carbocycles. The molecule has 0 saturated heterocycles. The van der Waals surface area contributed by atoms with Gasteiger partial charge in [-0.05, 0) is 23.6 Å². The zero-order valence-electron chi connectivity index (χ0n) is 14.7. The van der Waals surface area contributed by atoms with Crippen molar-refractivity contribution in [1.82, 2.24) is 0 Å². The lowest BCUT2D eigenvalue weighted by Crippen LogP contribution is -2.38. The van der Waals surface area contributed by atoms with E-state index in [-0.39, 0.29) is 60.6 Å². The minimum atomic E-state index is -0.335. The zero-order chi connectivity index (χ0) is 18.8. The first kappa shape index (κ1) is 17.9. The third kappa shape index (κ3) is 3.14. The minimum absolute atomic E-state index is 0.0197. The fourth-order valence-corrected chi connectivity index (χ4v) is 3.43. The van der Waals surface area contributed by atoms with Crippen molar-refractivity contribution in [1.29, 1.82) is 0 Å². The van der Waals surface area contributed by atoms with Crippen LogP contribution in [0.4, 0.5) is 5.69 Å².